The van der Waals surface area contributed by atoms with Crippen LogP contribution in [0, 0.1) is 6.92 Å². The van der Waals surface area contributed by atoms with Crippen molar-refractivity contribution in [1.82, 2.24) is 14.8 Å². The van der Waals surface area contributed by atoms with Crippen LogP contribution >= 0.6 is 15.9 Å². The second-order valence-corrected chi connectivity index (χ2v) is 8.09. The zero-order valence-corrected chi connectivity index (χ0v) is 18.7. The molecule has 0 saturated heterocycles. The molecule has 2 aromatic heterocycles. The normalized spacial score (nSPS) is 12.2. The Morgan fingerprint density at radius 3 is 2.30 bits per heavy atom. The average molecular weight is 528 g/mol. The third-order valence-electron chi connectivity index (χ3n) is 4.58. The molecule has 0 saturated carbocycles. The molecule has 0 aliphatic carbocycles. The molecule has 0 amide bonds. The standard InChI is InChI=1S/C22H15BrF5N3O2/c1-12-29-19(13-3-6-15(7-4-13)33-22(26,27)28)20(32-12)16-11-14(23)5-8-17(16)31-10-9-18(30-31)21(2,24)25/h3-11H,1-2H3. The number of oxazole rings is 1. The quantitative estimate of drug-likeness (QED) is 0.256. The first-order valence-electron chi connectivity index (χ1n) is 9.48. The number of hydrogen-bond acceptors (Lipinski definition) is 4. The molecule has 4 rings (SSSR count). The zero-order chi connectivity index (χ0) is 24.0. The third kappa shape index (κ3) is 5.08. The smallest absolute Gasteiger partial charge is 0.440 e. The van der Waals surface area contributed by atoms with Crippen molar-refractivity contribution in [1.29, 1.82) is 0 Å². The molecule has 0 spiro atoms. The molecule has 2 heterocycles. The van der Waals surface area contributed by atoms with Crippen molar-refractivity contribution in [3.63, 3.8) is 0 Å². The molecule has 0 aliphatic heterocycles. The summed E-state index contributed by atoms with van der Waals surface area (Å²) < 4.78 is 76.5. The highest BCUT2D eigenvalue weighted by Crippen LogP contribution is 2.38. The van der Waals surface area contributed by atoms with Crippen molar-refractivity contribution in [3.05, 3.63) is 70.8 Å². The van der Waals surface area contributed by atoms with Gasteiger partial charge in [0.25, 0.3) is 5.92 Å². The fraction of sp³-hybridized carbons (Fsp3) is 0.182. The number of benzene rings is 2. The molecular formula is C22H15BrF5N3O2. The van der Waals surface area contributed by atoms with Crippen LogP contribution in [0.5, 0.6) is 5.75 Å². The van der Waals surface area contributed by atoms with Crippen molar-refractivity contribution in [2.75, 3.05) is 0 Å². The lowest BCUT2D eigenvalue weighted by Crippen LogP contribution is -2.16. The second kappa shape index (κ2) is 8.29. The van der Waals surface area contributed by atoms with Gasteiger partial charge >= 0.3 is 6.36 Å². The minimum atomic E-state index is -4.81. The van der Waals surface area contributed by atoms with E-state index in [2.05, 4.69) is 30.7 Å². The maximum absolute atomic E-state index is 13.7. The Balaban J connectivity index is 1.80. The van der Waals surface area contributed by atoms with Crippen LogP contribution in [0.4, 0.5) is 22.0 Å². The molecule has 0 bridgehead atoms. The van der Waals surface area contributed by atoms with Gasteiger partial charge in [0.15, 0.2) is 11.7 Å². The maximum atomic E-state index is 13.7. The van der Waals surface area contributed by atoms with Gasteiger partial charge in [0, 0.05) is 35.6 Å². The van der Waals surface area contributed by atoms with Crippen LogP contribution in [0.2, 0.25) is 0 Å². The SMILES string of the molecule is Cc1nc(-c2ccc(OC(F)(F)F)cc2)c(-c2cc(Br)ccc2-n2ccc(C(C)(F)F)n2)o1. The maximum Gasteiger partial charge on any atom is 0.573 e. The lowest BCUT2D eigenvalue weighted by atomic mass is 10.0. The molecule has 2 aromatic carbocycles. The van der Waals surface area contributed by atoms with E-state index in [9.17, 15) is 22.0 Å². The Bertz CT molecular complexity index is 1290. The summed E-state index contributed by atoms with van der Waals surface area (Å²) in [5, 5.41) is 3.99. The number of aromatic nitrogens is 3. The lowest BCUT2D eigenvalue weighted by molar-refractivity contribution is -0.274. The first-order valence-corrected chi connectivity index (χ1v) is 10.3. The Labute approximate surface area is 192 Å². The molecule has 0 atom stereocenters. The monoisotopic (exact) mass is 527 g/mol. The fourth-order valence-corrected chi connectivity index (χ4v) is 3.56. The Kier molecular flexibility index (Phi) is 5.77. The van der Waals surface area contributed by atoms with Crippen LogP contribution in [0.3, 0.4) is 0 Å². The fourth-order valence-electron chi connectivity index (χ4n) is 3.20. The van der Waals surface area contributed by atoms with Gasteiger partial charge in [-0.15, -0.1) is 13.2 Å². The topological polar surface area (TPSA) is 53.1 Å². The minimum absolute atomic E-state index is 0.300. The zero-order valence-electron chi connectivity index (χ0n) is 17.1. The molecule has 33 heavy (non-hydrogen) atoms. The van der Waals surface area contributed by atoms with Crippen LogP contribution in [-0.2, 0) is 5.92 Å². The van der Waals surface area contributed by atoms with Gasteiger partial charge in [-0.2, -0.15) is 13.9 Å². The summed E-state index contributed by atoms with van der Waals surface area (Å²) in [6.07, 6.45) is -3.40. The predicted molar refractivity (Wildman–Crippen MR) is 113 cm³/mol. The van der Waals surface area contributed by atoms with E-state index >= 15 is 0 Å². The van der Waals surface area contributed by atoms with Gasteiger partial charge in [0.1, 0.15) is 17.1 Å². The number of rotatable bonds is 5. The second-order valence-electron chi connectivity index (χ2n) is 7.18. The van der Waals surface area contributed by atoms with Crippen molar-refractivity contribution >= 4 is 15.9 Å². The average Bonchev–Trinajstić information content (AvgIpc) is 3.34. The van der Waals surface area contributed by atoms with Gasteiger partial charge < -0.3 is 9.15 Å². The number of ether oxygens (including phenoxy) is 1. The lowest BCUT2D eigenvalue weighted by Gasteiger charge is -2.11. The number of hydrogen-bond donors (Lipinski definition) is 0. The van der Waals surface area contributed by atoms with E-state index in [0.717, 1.165) is 6.92 Å². The Morgan fingerprint density at radius 2 is 1.70 bits per heavy atom. The first-order chi connectivity index (χ1) is 15.4. The van der Waals surface area contributed by atoms with Gasteiger partial charge in [-0.3, -0.25) is 0 Å². The van der Waals surface area contributed by atoms with Crippen LogP contribution in [0.15, 0.2) is 63.6 Å². The Hall–Kier alpha value is -3.21. The highest BCUT2D eigenvalue weighted by molar-refractivity contribution is 9.10. The van der Waals surface area contributed by atoms with E-state index < -0.39 is 18.0 Å². The van der Waals surface area contributed by atoms with Crippen LogP contribution < -0.4 is 4.74 Å². The predicted octanol–water partition coefficient (Wildman–Crippen LogP) is 7.28. The van der Waals surface area contributed by atoms with Gasteiger partial charge in [0.05, 0.1) is 5.69 Å². The van der Waals surface area contributed by atoms with E-state index in [4.69, 9.17) is 4.42 Å². The van der Waals surface area contributed by atoms with Crippen LogP contribution in [-0.4, -0.2) is 21.1 Å². The van der Waals surface area contributed by atoms with Crippen LogP contribution in [0.1, 0.15) is 18.5 Å². The summed E-state index contributed by atoms with van der Waals surface area (Å²) in [7, 11) is 0. The largest absolute Gasteiger partial charge is 0.573 e. The van der Waals surface area contributed by atoms with E-state index in [1.807, 2.05) is 0 Å². The van der Waals surface area contributed by atoms with Crippen molar-refractivity contribution in [2.45, 2.75) is 26.1 Å². The molecule has 0 unspecified atom stereocenters. The number of halogens is 6. The van der Waals surface area contributed by atoms with Crippen molar-refractivity contribution < 1.29 is 31.1 Å². The highest BCUT2D eigenvalue weighted by atomic mass is 79.9. The summed E-state index contributed by atoms with van der Waals surface area (Å²) in [5.41, 5.74) is 1.38. The summed E-state index contributed by atoms with van der Waals surface area (Å²) >= 11 is 3.39. The summed E-state index contributed by atoms with van der Waals surface area (Å²) in [5.74, 6) is -2.88. The van der Waals surface area contributed by atoms with Gasteiger partial charge in [-0.25, -0.2) is 9.67 Å². The number of nitrogens with zero attached hydrogens (tertiary/aromatic N) is 3. The summed E-state index contributed by atoms with van der Waals surface area (Å²) in [6.45, 7) is 2.38. The number of alkyl halides is 5. The molecular weight excluding hydrogens is 513 g/mol. The molecule has 0 fully saturated rings. The van der Waals surface area contributed by atoms with Crippen LogP contribution in [0.25, 0.3) is 28.3 Å². The van der Waals surface area contributed by atoms with E-state index in [-0.39, 0.29) is 5.75 Å². The van der Waals surface area contributed by atoms with E-state index in [0.29, 0.717) is 38.6 Å². The third-order valence-corrected chi connectivity index (χ3v) is 5.08. The van der Waals surface area contributed by atoms with Gasteiger partial charge in [0.2, 0.25) is 0 Å². The molecule has 5 nitrogen and oxygen atoms in total. The minimum Gasteiger partial charge on any atom is -0.440 e. The molecule has 172 valence electrons. The molecule has 0 radical (unpaired) electrons. The number of aryl methyl sites for hydroxylation is 1. The summed E-state index contributed by atoms with van der Waals surface area (Å²) in [6, 6.07) is 11.5. The Morgan fingerprint density at radius 1 is 1.00 bits per heavy atom. The van der Waals surface area contributed by atoms with Crippen molar-refractivity contribution in [2.24, 2.45) is 0 Å². The first kappa shape index (κ1) is 23.0. The highest BCUT2D eigenvalue weighted by Gasteiger charge is 2.31. The van der Waals surface area contributed by atoms with E-state index in [1.165, 1.54) is 41.2 Å². The van der Waals surface area contributed by atoms with Gasteiger partial charge in [-0.1, -0.05) is 15.9 Å². The van der Waals surface area contributed by atoms with Gasteiger partial charge in [-0.05, 0) is 48.5 Å². The summed E-state index contributed by atoms with van der Waals surface area (Å²) in [4.78, 5) is 4.38. The van der Waals surface area contributed by atoms with Crippen molar-refractivity contribution in [3.8, 4) is 34.0 Å². The van der Waals surface area contributed by atoms with E-state index in [1.54, 1.807) is 25.1 Å². The molecule has 0 aliphatic rings. The molecule has 11 heteroatoms. The molecule has 4 aromatic rings. The molecule has 0 N–H and O–H groups in total.